The van der Waals surface area contributed by atoms with Crippen LogP contribution >= 0.6 is 0 Å². The number of nitrogens with two attached hydrogens (primary N) is 1. The Morgan fingerprint density at radius 2 is 1.83 bits per heavy atom. The van der Waals surface area contributed by atoms with E-state index >= 15 is 0 Å². The average Bonchev–Trinajstić information content (AvgIpc) is 3.05. The van der Waals surface area contributed by atoms with Crippen LogP contribution in [0.15, 0.2) is 28.8 Å². The summed E-state index contributed by atoms with van der Waals surface area (Å²) in [5.74, 6) is -0.289. The predicted octanol–water partition coefficient (Wildman–Crippen LogP) is 1.25. The summed E-state index contributed by atoms with van der Waals surface area (Å²) >= 11 is 0. The highest BCUT2D eigenvalue weighted by atomic mass is 16.7. The molecule has 0 radical (unpaired) electrons. The lowest BCUT2D eigenvalue weighted by Crippen LogP contribution is -2.56. The Hall–Kier alpha value is -2.45. The number of carbonyl (C=O) groups excluding carboxylic acids is 1. The Kier molecular flexibility index (Phi) is 4.02. The quantitative estimate of drug-likeness (QED) is 0.896. The molecule has 1 amide bonds. The summed E-state index contributed by atoms with van der Waals surface area (Å²) in [4.78, 5) is 16.4. The van der Waals surface area contributed by atoms with Gasteiger partial charge in [-0.05, 0) is 38.1 Å². The van der Waals surface area contributed by atoms with Crippen molar-refractivity contribution in [2.75, 3.05) is 20.3 Å². The average molecular weight is 333 g/mol. The van der Waals surface area contributed by atoms with E-state index in [1.54, 1.807) is 45.2 Å². The number of ether oxygens (including phenoxy) is 3. The van der Waals surface area contributed by atoms with Crippen LogP contribution < -0.4 is 10.5 Å². The molecule has 8 heteroatoms. The molecule has 3 rings (SSSR count). The van der Waals surface area contributed by atoms with E-state index in [2.05, 4.69) is 10.1 Å². The van der Waals surface area contributed by atoms with Crippen LogP contribution in [0.5, 0.6) is 5.75 Å². The van der Waals surface area contributed by atoms with Crippen molar-refractivity contribution in [1.29, 1.82) is 0 Å². The van der Waals surface area contributed by atoms with Gasteiger partial charge in [0, 0.05) is 5.56 Å². The van der Waals surface area contributed by atoms with Gasteiger partial charge in [0.05, 0.1) is 20.3 Å². The zero-order valence-corrected chi connectivity index (χ0v) is 13.7. The monoisotopic (exact) mass is 333 g/mol. The van der Waals surface area contributed by atoms with Crippen molar-refractivity contribution in [3.05, 3.63) is 30.2 Å². The predicted molar refractivity (Wildman–Crippen MR) is 83.1 cm³/mol. The standard InChI is InChI=1S/C16H19N3O5/c1-15(2)22-8-16(9-23-15,13(17)20)14-18-12(19-24-14)10-4-6-11(21-3)7-5-10/h4-7H,8-9H2,1-3H3,(H2,17,20). The third-order valence-corrected chi connectivity index (χ3v) is 3.99. The Balaban J connectivity index is 1.91. The van der Waals surface area contributed by atoms with E-state index in [0.29, 0.717) is 11.6 Å². The summed E-state index contributed by atoms with van der Waals surface area (Å²) < 4.78 is 21.6. The second kappa shape index (κ2) is 5.88. The second-order valence-electron chi connectivity index (χ2n) is 6.08. The number of carbonyl (C=O) groups is 1. The number of hydrogen-bond acceptors (Lipinski definition) is 7. The van der Waals surface area contributed by atoms with Crippen LogP contribution in [-0.2, 0) is 19.7 Å². The maximum absolute atomic E-state index is 12.0. The van der Waals surface area contributed by atoms with Gasteiger partial charge in [0.1, 0.15) is 5.75 Å². The molecule has 2 heterocycles. The molecule has 0 unspecified atom stereocenters. The first-order chi connectivity index (χ1) is 11.4. The first kappa shape index (κ1) is 16.4. The zero-order valence-electron chi connectivity index (χ0n) is 13.7. The molecule has 1 aromatic carbocycles. The minimum absolute atomic E-state index is 0.0135. The van der Waals surface area contributed by atoms with Crippen molar-refractivity contribution in [3.63, 3.8) is 0 Å². The van der Waals surface area contributed by atoms with Gasteiger partial charge < -0.3 is 24.5 Å². The SMILES string of the molecule is COc1ccc(-c2noc(C3(C(N)=O)COC(C)(C)OC3)n2)cc1. The van der Waals surface area contributed by atoms with Crippen LogP contribution in [0.25, 0.3) is 11.4 Å². The van der Waals surface area contributed by atoms with E-state index in [-0.39, 0.29) is 19.1 Å². The maximum Gasteiger partial charge on any atom is 0.247 e. The molecule has 8 nitrogen and oxygen atoms in total. The van der Waals surface area contributed by atoms with Crippen molar-refractivity contribution >= 4 is 5.91 Å². The van der Waals surface area contributed by atoms with Crippen molar-refractivity contribution in [2.45, 2.75) is 25.0 Å². The van der Waals surface area contributed by atoms with Gasteiger partial charge in [-0.1, -0.05) is 5.16 Å². The molecule has 1 fully saturated rings. The molecule has 0 spiro atoms. The van der Waals surface area contributed by atoms with Gasteiger partial charge in [-0.25, -0.2) is 0 Å². The minimum Gasteiger partial charge on any atom is -0.497 e. The smallest absolute Gasteiger partial charge is 0.247 e. The van der Waals surface area contributed by atoms with Gasteiger partial charge in [-0.3, -0.25) is 4.79 Å². The molecule has 2 aromatic rings. The Morgan fingerprint density at radius 1 is 1.21 bits per heavy atom. The molecule has 1 aliphatic heterocycles. The number of rotatable bonds is 4. The molecule has 0 aliphatic carbocycles. The molecule has 0 saturated carbocycles. The summed E-state index contributed by atoms with van der Waals surface area (Å²) in [5, 5.41) is 3.94. The molecule has 0 bridgehead atoms. The Morgan fingerprint density at radius 3 is 2.38 bits per heavy atom. The fraction of sp³-hybridized carbons (Fsp3) is 0.438. The highest BCUT2D eigenvalue weighted by molar-refractivity contribution is 5.86. The van der Waals surface area contributed by atoms with Crippen molar-refractivity contribution in [2.24, 2.45) is 5.73 Å². The maximum atomic E-state index is 12.0. The van der Waals surface area contributed by atoms with Gasteiger partial charge in [-0.15, -0.1) is 0 Å². The van der Waals surface area contributed by atoms with Crippen LogP contribution in [0.4, 0.5) is 0 Å². The van der Waals surface area contributed by atoms with Gasteiger partial charge in [0.15, 0.2) is 11.2 Å². The van der Waals surface area contributed by atoms with E-state index in [1.165, 1.54) is 0 Å². The van der Waals surface area contributed by atoms with E-state index < -0.39 is 17.1 Å². The molecule has 1 saturated heterocycles. The van der Waals surface area contributed by atoms with Crippen molar-refractivity contribution < 1.29 is 23.5 Å². The number of aromatic nitrogens is 2. The third-order valence-electron chi connectivity index (χ3n) is 3.99. The van der Waals surface area contributed by atoms with Crippen molar-refractivity contribution in [1.82, 2.24) is 10.1 Å². The lowest BCUT2D eigenvalue weighted by Gasteiger charge is -2.39. The molecule has 1 aliphatic rings. The molecule has 128 valence electrons. The molecule has 0 atom stereocenters. The lowest BCUT2D eigenvalue weighted by molar-refractivity contribution is -0.267. The highest BCUT2D eigenvalue weighted by Gasteiger charge is 2.50. The van der Waals surface area contributed by atoms with Crippen LogP contribution in [0.1, 0.15) is 19.7 Å². The lowest BCUT2D eigenvalue weighted by atomic mass is 9.87. The summed E-state index contributed by atoms with van der Waals surface area (Å²) in [7, 11) is 1.59. The Bertz CT molecular complexity index is 728. The van der Waals surface area contributed by atoms with Gasteiger partial charge in [0.25, 0.3) is 0 Å². The Labute approximate surface area is 138 Å². The van der Waals surface area contributed by atoms with Gasteiger partial charge in [0.2, 0.25) is 17.6 Å². The number of hydrogen-bond donors (Lipinski definition) is 1. The van der Waals surface area contributed by atoms with E-state index in [9.17, 15) is 4.79 Å². The molecular weight excluding hydrogens is 314 g/mol. The van der Waals surface area contributed by atoms with Crippen LogP contribution in [0.2, 0.25) is 0 Å². The summed E-state index contributed by atoms with van der Waals surface area (Å²) in [6.07, 6.45) is 0. The van der Waals surface area contributed by atoms with Gasteiger partial charge in [-0.2, -0.15) is 4.98 Å². The molecule has 2 N–H and O–H groups in total. The second-order valence-corrected chi connectivity index (χ2v) is 6.08. The minimum atomic E-state index is -1.30. The van der Waals surface area contributed by atoms with Crippen molar-refractivity contribution in [3.8, 4) is 17.1 Å². The summed E-state index contributed by atoms with van der Waals surface area (Å²) in [6.45, 7) is 3.54. The number of benzene rings is 1. The largest absolute Gasteiger partial charge is 0.497 e. The third kappa shape index (κ3) is 2.85. The fourth-order valence-corrected chi connectivity index (χ4v) is 2.32. The van der Waals surface area contributed by atoms with Crippen LogP contribution in [-0.4, -0.2) is 42.2 Å². The molecule has 24 heavy (non-hydrogen) atoms. The van der Waals surface area contributed by atoms with E-state index in [0.717, 1.165) is 5.56 Å². The number of amides is 1. The number of methoxy groups -OCH3 is 1. The fourth-order valence-electron chi connectivity index (χ4n) is 2.32. The summed E-state index contributed by atoms with van der Waals surface area (Å²) in [5.41, 5.74) is 4.99. The van der Waals surface area contributed by atoms with E-state index in [4.69, 9.17) is 24.5 Å². The van der Waals surface area contributed by atoms with Crippen LogP contribution in [0, 0.1) is 0 Å². The van der Waals surface area contributed by atoms with Gasteiger partial charge >= 0.3 is 0 Å². The highest BCUT2D eigenvalue weighted by Crippen LogP contribution is 2.33. The molecule has 1 aromatic heterocycles. The zero-order chi connectivity index (χ0) is 17.4. The number of nitrogens with zero attached hydrogens (tertiary/aromatic N) is 2. The van der Waals surface area contributed by atoms with Crippen LogP contribution in [0.3, 0.4) is 0 Å². The summed E-state index contributed by atoms with van der Waals surface area (Å²) in [6, 6.07) is 7.15. The van der Waals surface area contributed by atoms with E-state index in [1.807, 2.05) is 0 Å². The molecular formula is C16H19N3O5. The normalized spacial score (nSPS) is 19.0. The first-order valence-electron chi connectivity index (χ1n) is 7.43. The number of primary amides is 1. The topological polar surface area (TPSA) is 110 Å². The first-order valence-corrected chi connectivity index (χ1v) is 7.43.